The third-order valence-corrected chi connectivity index (χ3v) is 7.88. The smallest absolute Gasteiger partial charge is 0.191 e. The van der Waals surface area contributed by atoms with Crippen LogP contribution in [0.3, 0.4) is 0 Å². The molecule has 0 saturated carbocycles. The standard InChI is InChI=1S/C13H26O3Si/c1-13(2,3)17(4,5)16-11-9-12(15)8-6-7-10-14/h6-7,10,12,15H,8-9,11H2,1-5H3/b7-6+/t12-/m1/s1. The van der Waals surface area contributed by atoms with Gasteiger partial charge in [-0.05, 0) is 37.0 Å². The van der Waals surface area contributed by atoms with Gasteiger partial charge in [0.2, 0.25) is 0 Å². The van der Waals surface area contributed by atoms with Crippen molar-refractivity contribution in [2.45, 2.75) is 57.8 Å². The van der Waals surface area contributed by atoms with Gasteiger partial charge in [0.05, 0.1) is 6.10 Å². The highest BCUT2D eigenvalue weighted by Crippen LogP contribution is 2.36. The molecule has 0 aromatic heterocycles. The van der Waals surface area contributed by atoms with Crippen molar-refractivity contribution in [3.05, 3.63) is 12.2 Å². The SMILES string of the molecule is CC(C)(C)[Si](C)(C)OCC[C@H](O)C/C=C/C=O. The number of aliphatic hydroxyl groups is 1. The van der Waals surface area contributed by atoms with Crippen molar-refractivity contribution >= 4 is 14.6 Å². The summed E-state index contributed by atoms with van der Waals surface area (Å²) in [6.07, 6.45) is 4.53. The zero-order chi connectivity index (χ0) is 13.5. The summed E-state index contributed by atoms with van der Waals surface area (Å²) in [6, 6.07) is 0. The molecular weight excluding hydrogens is 232 g/mol. The number of rotatable bonds is 7. The van der Waals surface area contributed by atoms with Crippen molar-refractivity contribution in [2.75, 3.05) is 6.61 Å². The Kier molecular flexibility index (Phi) is 6.90. The van der Waals surface area contributed by atoms with Crippen molar-refractivity contribution in [3.63, 3.8) is 0 Å². The Labute approximate surface area is 106 Å². The molecule has 0 unspecified atom stereocenters. The van der Waals surface area contributed by atoms with Crippen LogP contribution >= 0.6 is 0 Å². The molecule has 0 fully saturated rings. The van der Waals surface area contributed by atoms with Crippen LogP contribution in [0, 0.1) is 0 Å². The molecule has 1 atom stereocenters. The van der Waals surface area contributed by atoms with Gasteiger partial charge in [-0.2, -0.15) is 0 Å². The van der Waals surface area contributed by atoms with E-state index in [9.17, 15) is 9.90 Å². The minimum Gasteiger partial charge on any atom is -0.417 e. The first-order chi connectivity index (χ1) is 7.70. The molecular formula is C13H26O3Si. The topological polar surface area (TPSA) is 46.5 Å². The van der Waals surface area contributed by atoms with Crippen LogP contribution in [0.25, 0.3) is 0 Å². The van der Waals surface area contributed by atoms with Crippen LogP contribution < -0.4 is 0 Å². The number of aldehydes is 1. The average molecular weight is 258 g/mol. The maximum Gasteiger partial charge on any atom is 0.191 e. The second kappa shape index (κ2) is 7.09. The van der Waals surface area contributed by atoms with E-state index in [1.165, 1.54) is 6.08 Å². The molecule has 0 radical (unpaired) electrons. The zero-order valence-electron chi connectivity index (χ0n) is 11.7. The van der Waals surface area contributed by atoms with E-state index in [1.807, 2.05) is 0 Å². The lowest BCUT2D eigenvalue weighted by atomic mass is 10.2. The Morgan fingerprint density at radius 1 is 1.35 bits per heavy atom. The van der Waals surface area contributed by atoms with E-state index in [-0.39, 0.29) is 5.04 Å². The van der Waals surface area contributed by atoms with Crippen LogP contribution in [0.2, 0.25) is 18.1 Å². The fourth-order valence-electron chi connectivity index (χ4n) is 1.08. The van der Waals surface area contributed by atoms with E-state index in [0.717, 1.165) is 6.29 Å². The molecule has 0 aliphatic heterocycles. The van der Waals surface area contributed by atoms with E-state index in [4.69, 9.17) is 4.43 Å². The van der Waals surface area contributed by atoms with Crippen molar-refractivity contribution < 1.29 is 14.3 Å². The van der Waals surface area contributed by atoms with Crippen molar-refractivity contribution in [1.82, 2.24) is 0 Å². The first kappa shape index (κ1) is 16.5. The summed E-state index contributed by atoms with van der Waals surface area (Å²) in [5, 5.41) is 9.85. The summed E-state index contributed by atoms with van der Waals surface area (Å²) in [6.45, 7) is 11.6. The molecule has 0 aliphatic carbocycles. The quantitative estimate of drug-likeness (QED) is 0.434. The maximum atomic E-state index is 10.1. The second-order valence-corrected chi connectivity index (χ2v) is 10.7. The lowest BCUT2D eigenvalue weighted by molar-refractivity contribution is -0.104. The van der Waals surface area contributed by atoms with Gasteiger partial charge in [0.25, 0.3) is 0 Å². The highest BCUT2D eigenvalue weighted by molar-refractivity contribution is 6.74. The Bertz CT molecular complexity index is 254. The number of hydrogen-bond donors (Lipinski definition) is 1. The largest absolute Gasteiger partial charge is 0.417 e. The summed E-state index contributed by atoms with van der Waals surface area (Å²) in [7, 11) is -1.70. The number of aliphatic hydroxyl groups excluding tert-OH is 1. The molecule has 3 nitrogen and oxygen atoms in total. The summed E-state index contributed by atoms with van der Waals surface area (Å²) >= 11 is 0. The van der Waals surface area contributed by atoms with Crippen LogP contribution in [-0.2, 0) is 9.22 Å². The summed E-state index contributed by atoms with van der Waals surface area (Å²) in [5.74, 6) is 0. The molecule has 0 aromatic rings. The number of carbonyl (C=O) groups excluding carboxylic acids is 1. The molecule has 0 rings (SSSR count). The fraction of sp³-hybridized carbons (Fsp3) is 0.769. The third-order valence-electron chi connectivity index (χ3n) is 3.34. The molecule has 0 heterocycles. The normalized spacial score (nSPS) is 15.2. The predicted octanol–water partition coefficient (Wildman–Crippen LogP) is 2.90. The van der Waals surface area contributed by atoms with Gasteiger partial charge < -0.3 is 9.53 Å². The van der Waals surface area contributed by atoms with Crippen LogP contribution in [-0.4, -0.2) is 32.4 Å². The van der Waals surface area contributed by atoms with E-state index in [0.29, 0.717) is 19.4 Å². The number of allylic oxidation sites excluding steroid dienone is 1. The van der Waals surface area contributed by atoms with Crippen LogP contribution in [0.4, 0.5) is 0 Å². The van der Waals surface area contributed by atoms with Gasteiger partial charge in [-0.25, -0.2) is 0 Å². The maximum absolute atomic E-state index is 10.1. The van der Waals surface area contributed by atoms with Crippen molar-refractivity contribution in [3.8, 4) is 0 Å². The molecule has 0 aromatic carbocycles. The number of carbonyl (C=O) groups is 1. The first-order valence-corrected chi connectivity index (χ1v) is 9.04. The highest BCUT2D eigenvalue weighted by Gasteiger charge is 2.36. The van der Waals surface area contributed by atoms with Crippen molar-refractivity contribution in [1.29, 1.82) is 0 Å². The van der Waals surface area contributed by atoms with Gasteiger partial charge in [-0.1, -0.05) is 26.8 Å². The molecule has 100 valence electrons. The first-order valence-electron chi connectivity index (χ1n) is 6.13. The minimum atomic E-state index is -1.70. The Balaban J connectivity index is 3.91. The average Bonchev–Trinajstić information content (AvgIpc) is 2.16. The molecule has 0 amide bonds. The molecule has 17 heavy (non-hydrogen) atoms. The minimum absolute atomic E-state index is 0.204. The van der Waals surface area contributed by atoms with Crippen molar-refractivity contribution in [2.24, 2.45) is 0 Å². The van der Waals surface area contributed by atoms with Gasteiger partial charge in [0.15, 0.2) is 8.32 Å². The molecule has 0 spiro atoms. The van der Waals surface area contributed by atoms with Gasteiger partial charge in [-0.3, -0.25) is 4.79 Å². The Hall–Kier alpha value is -0.453. The van der Waals surface area contributed by atoms with Crippen LogP contribution in [0.1, 0.15) is 33.6 Å². The summed E-state index contributed by atoms with van der Waals surface area (Å²) in [5.41, 5.74) is 0. The molecule has 0 aliphatic rings. The van der Waals surface area contributed by atoms with Gasteiger partial charge >= 0.3 is 0 Å². The van der Waals surface area contributed by atoms with Crippen LogP contribution in [0.5, 0.6) is 0 Å². The molecule has 0 saturated heterocycles. The van der Waals surface area contributed by atoms with Crippen LogP contribution in [0.15, 0.2) is 12.2 Å². The lowest BCUT2D eigenvalue weighted by Crippen LogP contribution is -2.41. The van der Waals surface area contributed by atoms with E-state index in [2.05, 4.69) is 33.9 Å². The zero-order valence-corrected chi connectivity index (χ0v) is 12.7. The van der Waals surface area contributed by atoms with Gasteiger partial charge in [0, 0.05) is 6.61 Å². The third kappa shape index (κ3) is 6.76. The highest BCUT2D eigenvalue weighted by atomic mass is 28.4. The predicted molar refractivity (Wildman–Crippen MR) is 73.6 cm³/mol. The Morgan fingerprint density at radius 2 is 1.94 bits per heavy atom. The fourth-order valence-corrected chi connectivity index (χ4v) is 2.14. The van der Waals surface area contributed by atoms with E-state index >= 15 is 0 Å². The second-order valence-electron chi connectivity index (χ2n) is 5.85. The monoisotopic (exact) mass is 258 g/mol. The Morgan fingerprint density at radius 3 is 2.41 bits per heavy atom. The van der Waals surface area contributed by atoms with Gasteiger partial charge in [0.1, 0.15) is 6.29 Å². The summed E-state index contributed by atoms with van der Waals surface area (Å²) < 4.78 is 5.96. The van der Waals surface area contributed by atoms with E-state index in [1.54, 1.807) is 6.08 Å². The van der Waals surface area contributed by atoms with E-state index < -0.39 is 14.4 Å². The van der Waals surface area contributed by atoms with Gasteiger partial charge in [-0.15, -0.1) is 0 Å². The molecule has 1 N–H and O–H groups in total. The lowest BCUT2D eigenvalue weighted by Gasteiger charge is -2.36. The molecule has 0 bridgehead atoms. The summed E-state index contributed by atoms with van der Waals surface area (Å²) in [4.78, 5) is 10.1. The number of hydrogen-bond acceptors (Lipinski definition) is 3. The molecule has 4 heteroatoms.